The third kappa shape index (κ3) is 36.1. The van der Waals surface area contributed by atoms with Crippen LogP contribution in [-0.4, -0.2) is 146 Å². The molecule has 0 amide bonds. The molecule has 2 aliphatic carbocycles. The largest absolute Gasteiger partial charge is 0.497 e. The van der Waals surface area contributed by atoms with Crippen molar-refractivity contribution < 1.29 is 119 Å². The number of hydrogen-bond acceptors (Lipinski definition) is 27. The number of esters is 8. The summed E-state index contributed by atoms with van der Waals surface area (Å²) in [5.41, 5.74) is 5.63. The van der Waals surface area contributed by atoms with E-state index < -0.39 is 11.9 Å². The number of benzene rings is 6. The van der Waals surface area contributed by atoms with Gasteiger partial charge in [0.2, 0.25) is 0 Å². The van der Waals surface area contributed by atoms with Crippen molar-refractivity contribution in [1.82, 2.24) is 4.98 Å². The molecule has 8 aromatic rings. The standard InChI is InChI=1S/C36H39NO7S.C17H22O5.C16H22O4.C15H18O5.C14H18O4/c1-18-16-27-17-30(42-32(27)20(3)19(18)2)34-37-31-28(43-35(40)25-10-6-23(7-11-25)21(4)38)14-15-29(33(31)45-34)44-36(41)26-12-8-24(9-13-26)22(5)39;1-3-16(18)21-12-6-4-5-7-13-22-17(19)14-8-10-15(20-2)11-9-14;1-3-16(17)20-13-7-5-4-6-12-19-15-10-8-14(18-2)9-11-15;1-3-14(16)19-10-4-5-11-20-15(17)12-6-8-13(18-2)9-7-12;1-3-14(15)18-11-5-4-10-17-13-8-6-12(16-2)7-9-13/h14-17,23-26H,6-13H2,1-5H3;3,8-11H,1,4-7,12-13H2,2H3;3,8-11H,1,4-7,12-13H2,2H3;3,6-9H,1,4-5,10-11H2,2H3;3,6-9H,1,4-5,10-11H2,2H3. The first-order valence-electron chi connectivity index (χ1n) is 42.1. The van der Waals surface area contributed by atoms with Gasteiger partial charge in [-0.15, -0.1) is 11.3 Å². The van der Waals surface area contributed by atoms with Crippen LogP contribution in [-0.2, 0) is 66.8 Å². The van der Waals surface area contributed by atoms with Crippen LogP contribution in [0.1, 0.15) is 180 Å². The number of nitrogens with zero attached hydrogens (tertiary/aromatic N) is 1. The highest BCUT2D eigenvalue weighted by Crippen LogP contribution is 2.44. The van der Waals surface area contributed by atoms with Crippen molar-refractivity contribution in [1.29, 1.82) is 0 Å². The molecule has 0 aliphatic heterocycles. The van der Waals surface area contributed by atoms with Crippen molar-refractivity contribution in [2.75, 3.05) is 81.3 Å². The summed E-state index contributed by atoms with van der Waals surface area (Å²) in [7, 11) is 6.40. The number of rotatable bonds is 43. The van der Waals surface area contributed by atoms with Crippen molar-refractivity contribution in [3.63, 3.8) is 0 Å². The van der Waals surface area contributed by atoms with E-state index in [1.165, 1.54) is 28.5 Å². The molecule has 0 spiro atoms. The zero-order valence-corrected chi connectivity index (χ0v) is 74.2. The maximum Gasteiger partial charge on any atom is 0.338 e. The van der Waals surface area contributed by atoms with E-state index in [-0.39, 0.29) is 77.7 Å². The Balaban J connectivity index is 0.000000258. The van der Waals surface area contributed by atoms with E-state index in [4.69, 9.17) is 75.7 Å². The Labute approximate surface area is 736 Å². The minimum absolute atomic E-state index is 0.00774. The number of ether oxygens (including phenoxy) is 14. The first-order valence-corrected chi connectivity index (χ1v) is 42.9. The topological polar surface area (TPSA) is 326 Å². The molecular formula is C98H119NO25S. The summed E-state index contributed by atoms with van der Waals surface area (Å²) in [6.45, 7) is 26.2. The van der Waals surface area contributed by atoms with Gasteiger partial charge in [0.15, 0.2) is 22.3 Å². The van der Waals surface area contributed by atoms with Crippen molar-refractivity contribution in [2.24, 2.45) is 23.7 Å². The maximum absolute atomic E-state index is 13.3. The van der Waals surface area contributed by atoms with Crippen LogP contribution in [0.3, 0.4) is 0 Å². The second-order valence-corrected chi connectivity index (χ2v) is 30.4. The van der Waals surface area contributed by atoms with Crippen LogP contribution in [0.25, 0.3) is 32.0 Å². The summed E-state index contributed by atoms with van der Waals surface area (Å²) >= 11 is 1.32. The summed E-state index contributed by atoms with van der Waals surface area (Å²) in [5.74, 6) is 2.74. The lowest BCUT2D eigenvalue weighted by Crippen LogP contribution is -2.28. The van der Waals surface area contributed by atoms with Gasteiger partial charge >= 0.3 is 47.8 Å². The molecular weight excluding hydrogens is 1620 g/mol. The number of fused-ring (bicyclic) bond motifs is 2. The van der Waals surface area contributed by atoms with Crippen LogP contribution in [0.2, 0.25) is 0 Å². The van der Waals surface area contributed by atoms with Gasteiger partial charge in [-0.25, -0.2) is 33.8 Å². The van der Waals surface area contributed by atoms with E-state index in [0.717, 1.165) is 122 Å². The molecule has 0 atom stereocenters. The lowest BCUT2D eigenvalue weighted by Gasteiger charge is -2.25. The van der Waals surface area contributed by atoms with E-state index in [2.05, 4.69) is 46.2 Å². The van der Waals surface area contributed by atoms with Gasteiger partial charge < -0.3 is 70.7 Å². The molecule has 26 nitrogen and oxygen atoms in total. The highest BCUT2D eigenvalue weighted by atomic mass is 32.1. The summed E-state index contributed by atoms with van der Waals surface area (Å²) < 4.78 is 79.8. The fourth-order valence-corrected chi connectivity index (χ4v) is 13.9. The molecule has 2 aromatic heterocycles. The molecule has 2 heterocycles. The third-order valence-corrected chi connectivity index (χ3v) is 21.7. The van der Waals surface area contributed by atoms with Gasteiger partial charge in [-0.05, 0) is 301 Å². The van der Waals surface area contributed by atoms with E-state index in [9.17, 15) is 47.9 Å². The highest BCUT2D eigenvalue weighted by molar-refractivity contribution is 7.22. The number of unbranched alkanes of at least 4 members (excludes halogenated alkanes) is 8. The minimum atomic E-state index is -0.444. The normalized spacial score (nSPS) is 14.2. The van der Waals surface area contributed by atoms with Crippen LogP contribution >= 0.6 is 11.3 Å². The predicted molar refractivity (Wildman–Crippen MR) is 476 cm³/mol. The molecule has 10 rings (SSSR count). The van der Waals surface area contributed by atoms with Crippen molar-refractivity contribution in [2.45, 2.75) is 163 Å². The second kappa shape index (κ2) is 56.4. The van der Waals surface area contributed by atoms with Crippen LogP contribution in [0.5, 0.6) is 46.0 Å². The number of carbonyl (C=O) groups is 10. The van der Waals surface area contributed by atoms with Crippen molar-refractivity contribution >= 4 is 91.8 Å². The monoisotopic (exact) mass is 1740 g/mol. The van der Waals surface area contributed by atoms with Crippen LogP contribution < -0.4 is 37.9 Å². The lowest BCUT2D eigenvalue weighted by molar-refractivity contribution is -0.141. The Kier molecular flexibility index (Phi) is 45.8. The Hall–Kier alpha value is -12.4. The van der Waals surface area contributed by atoms with E-state index in [1.54, 1.807) is 103 Å². The number of ketones is 2. The quantitative estimate of drug-likeness (QED) is 0.0113. The molecule has 6 aromatic carbocycles. The van der Waals surface area contributed by atoms with Gasteiger partial charge in [0, 0.05) is 41.5 Å². The summed E-state index contributed by atoms with van der Waals surface area (Å²) in [5, 5.41) is 1.56. The van der Waals surface area contributed by atoms with E-state index in [1.807, 2.05) is 61.5 Å². The summed E-state index contributed by atoms with van der Waals surface area (Å²) in [6.07, 6.45) is 20.0. The number of hydrogen-bond donors (Lipinski definition) is 0. The number of aryl methyl sites for hydroxylation is 2. The van der Waals surface area contributed by atoms with Gasteiger partial charge in [-0.3, -0.25) is 19.2 Å². The summed E-state index contributed by atoms with van der Waals surface area (Å²) in [4.78, 5) is 122. The Morgan fingerprint density at radius 1 is 0.384 bits per heavy atom. The van der Waals surface area contributed by atoms with Gasteiger partial charge in [-0.1, -0.05) is 26.3 Å². The molecule has 0 saturated heterocycles. The number of Topliss-reactive ketones (excluding diaryl/α,β-unsaturated/α-hetero) is 2. The smallest absolute Gasteiger partial charge is 0.338 e. The maximum atomic E-state index is 13.3. The lowest BCUT2D eigenvalue weighted by atomic mass is 9.80. The fraction of sp³-hybridized carbons (Fsp3) is 0.418. The Bertz CT molecular complexity index is 4690. The van der Waals surface area contributed by atoms with Crippen molar-refractivity contribution in [3.8, 4) is 56.8 Å². The Morgan fingerprint density at radius 3 is 1.06 bits per heavy atom. The molecule has 125 heavy (non-hydrogen) atoms. The zero-order chi connectivity index (χ0) is 90.8. The molecule has 27 heteroatoms. The number of methoxy groups -OCH3 is 4. The molecule has 2 fully saturated rings. The third-order valence-electron chi connectivity index (χ3n) is 20.6. The van der Waals surface area contributed by atoms with Gasteiger partial charge in [0.05, 0.1) is 104 Å². The molecule has 2 saturated carbocycles. The van der Waals surface area contributed by atoms with Crippen LogP contribution in [0, 0.1) is 44.4 Å². The molecule has 0 N–H and O–H groups in total. The Morgan fingerprint density at radius 2 is 0.696 bits per heavy atom. The SMILES string of the molecule is C=CC(=O)OCCCCCCOC(=O)c1ccc(OC)cc1.C=CC(=O)OCCCCCCOc1ccc(OC)cc1.C=CC(=O)OCCCCOC(=O)c1ccc(OC)cc1.C=CC(=O)OCCCCOc1ccc(OC)cc1.CC(=O)C1CCC(C(=O)Oc2ccc(OC(=O)C3CCC(C(C)=O)CC3)c3sc(-c4cc5cc(C)c(C)c(C)c5o4)nc23)CC1. The minimum Gasteiger partial charge on any atom is -0.497 e. The average Bonchev–Trinajstić information content (AvgIpc) is 1.61. The predicted octanol–water partition coefficient (Wildman–Crippen LogP) is 19.7. The summed E-state index contributed by atoms with van der Waals surface area (Å²) in [6, 6.07) is 35.8. The van der Waals surface area contributed by atoms with Crippen molar-refractivity contribution in [3.05, 3.63) is 200 Å². The number of carbonyl (C=O) groups excluding carboxylic acids is 10. The number of thiazole rings is 1. The van der Waals surface area contributed by atoms with Crippen LogP contribution in [0.4, 0.5) is 0 Å². The average molecular weight is 1740 g/mol. The van der Waals surface area contributed by atoms with E-state index >= 15 is 0 Å². The zero-order valence-electron chi connectivity index (χ0n) is 73.4. The van der Waals surface area contributed by atoms with Gasteiger partial charge in [-0.2, -0.15) is 0 Å². The molecule has 672 valence electrons. The first kappa shape index (κ1) is 101. The first-order chi connectivity index (χ1) is 60.3. The van der Waals surface area contributed by atoms with E-state index in [0.29, 0.717) is 166 Å². The number of aromatic nitrogens is 1. The fourth-order valence-electron chi connectivity index (χ4n) is 12.9. The molecule has 2 aliphatic rings. The molecule has 0 radical (unpaired) electrons. The second-order valence-electron chi connectivity index (χ2n) is 29.4. The number of furan rings is 1. The molecule has 0 bridgehead atoms. The highest BCUT2D eigenvalue weighted by Gasteiger charge is 2.33. The van der Waals surface area contributed by atoms with Gasteiger partial charge in [0.25, 0.3) is 0 Å². The van der Waals surface area contributed by atoms with Gasteiger partial charge in [0.1, 0.15) is 61.9 Å². The van der Waals surface area contributed by atoms with Crippen LogP contribution in [0.15, 0.2) is 176 Å². The molecule has 0 unspecified atom stereocenters.